The van der Waals surface area contributed by atoms with Crippen LogP contribution in [-0.4, -0.2) is 10.6 Å². The van der Waals surface area contributed by atoms with Gasteiger partial charge in [0.25, 0.3) is 0 Å². The Hall–Kier alpha value is -5.48. The molecule has 4 aliphatic rings. The van der Waals surface area contributed by atoms with Crippen molar-refractivity contribution in [3.63, 3.8) is 0 Å². The van der Waals surface area contributed by atoms with Crippen LogP contribution in [-0.2, 0) is 5.41 Å². The molecule has 1 unspecified atom stereocenters. The minimum atomic E-state index is -0.112. The monoisotopic (exact) mass is 649 g/mol. The fraction of sp³-hybridized carbons (Fsp3) is 0.217. The van der Waals surface area contributed by atoms with Crippen LogP contribution in [0.25, 0.3) is 49.8 Å². The van der Waals surface area contributed by atoms with Crippen molar-refractivity contribution in [2.75, 3.05) is 9.80 Å². The molecule has 2 aliphatic heterocycles. The van der Waals surface area contributed by atoms with Gasteiger partial charge in [-0.05, 0) is 77.4 Å². The lowest BCUT2D eigenvalue weighted by molar-refractivity contribution is 0.506. The van der Waals surface area contributed by atoms with Crippen LogP contribution in [0.4, 0.5) is 22.7 Å². The summed E-state index contributed by atoms with van der Waals surface area (Å²) in [6, 6.07) is 36.1. The zero-order valence-electron chi connectivity index (χ0n) is 29.4. The van der Waals surface area contributed by atoms with E-state index in [1.54, 1.807) is 0 Å². The van der Waals surface area contributed by atoms with E-state index in [1.807, 2.05) is 0 Å². The van der Waals surface area contributed by atoms with Gasteiger partial charge in [-0.1, -0.05) is 107 Å². The number of hydrogen-bond acceptors (Lipinski definition) is 3. The van der Waals surface area contributed by atoms with Gasteiger partial charge in [0.05, 0.1) is 45.7 Å². The molecule has 4 heterocycles. The maximum atomic E-state index is 6.76. The highest BCUT2D eigenvalue weighted by atomic mass is 16.3. The molecule has 2 aromatic heterocycles. The van der Waals surface area contributed by atoms with E-state index in [4.69, 9.17) is 4.42 Å². The standard InChI is InChI=1S/C46H39N3O/c1-26-23-37-43-38(24-26)49-41-31(40-42(49)30-14-7-9-17-32(30)46(40,5)6)16-12-18-34(41)48(43)33-22-21-27(45(2,3)4)25-36(33)47(37)35-19-11-15-29-28-13-8-10-20-39(28)50-44(29)35/h7-21,23-25,33H,22H2,1-6H3. The molecule has 4 heteroatoms. The van der Waals surface area contributed by atoms with E-state index < -0.39 is 0 Å². The lowest BCUT2D eigenvalue weighted by Gasteiger charge is -2.50. The van der Waals surface area contributed by atoms with Crippen LogP contribution in [0.2, 0.25) is 0 Å². The summed E-state index contributed by atoms with van der Waals surface area (Å²) in [5, 5.41) is 3.66. The topological polar surface area (TPSA) is 24.6 Å². The van der Waals surface area contributed by atoms with Gasteiger partial charge in [-0.15, -0.1) is 0 Å². The predicted octanol–water partition coefficient (Wildman–Crippen LogP) is 12.4. The fourth-order valence-electron chi connectivity index (χ4n) is 9.75. The predicted molar refractivity (Wildman–Crippen MR) is 208 cm³/mol. The molecule has 0 radical (unpaired) electrons. The number of para-hydroxylation sites is 3. The molecule has 2 aliphatic carbocycles. The van der Waals surface area contributed by atoms with Crippen LogP contribution in [0.3, 0.4) is 0 Å². The number of aryl methyl sites for hydroxylation is 1. The van der Waals surface area contributed by atoms with Crippen molar-refractivity contribution in [1.82, 2.24) is 4.57 Å². The number of anilines is 4. The summed E-state index contributed by atoms with van der Waals surface area (Å²) in [5.41, 5.74) is 18.6. The molecule has 0 saturated carbocycles. The van der Waals surface area contributed by atoms with Crippen molar-refractivity contribution >= 4 is 55.6 Å². The molecule has 1 atom stereocenters. The number of furan rings is 1. The van der Waals surface area contributed by atoms with Crippen LogP contribution in [0.5, 0.6) is 0 Å². The Kier molecular flexibility index (Phi) is 5.22. The first-order valence-corrected chi connectivity index (χ1v) is 18.0. The van der Waals surface area contributed by atoms with Crippen molar-refractivity contribution in [1.29, 1.82) is 0 Å². The molecule has 4 nitrogen and oxygen atoms in total. The summed E-state index contributed by atoms with van der Waals surface area (Å²) in [6.45, 7) is 14.0. The average Bonchev–Trinajstić information content (AvgIpc) is 3.73. The molecule has 0 N–H and O–H groups in total. The van der Waals surface area contributed by atoms with E-state index in [9.17, 15) is 0 Å². The third kappa shape index (κ3) is 3.37. The van der Waals surface area contributed by atoms with Gasteiger partial charge < -0.3 is 18.8 Å². The molecule has 0 amide bonds. The second-order valence-corrected chi connectivity index (χ2v) is 16.2. The number of benzene rings is 5. The fourth-order valence-corrected chi connectivity index (χ4v) is 9.75. The van der Waals surface area contributed by atoms with E-state index in [2.05, 4.69) is 165 Å². The van der Waals surface area contributed by atoms with Gasteiger partial charge in [0.1, 0.15) is 5.58 Å². The average molecular weight is 650 g/mol. The Bertz CT molecular complexity index is 2720. The molecule has 5 aromatic carbocycles. The van der Waals surface area contributed by atoms with Crippen LogP contribution in [0, 0.1) is 12.3 Å². The molecule has 11 rings (SSSR count). The summed E-state index contributed by atoms with van der Waals surface area (Å²) in [7, 11) is 0. The zero-order valence-corrected chi connectivity index (χ0v) is 29.4. The van der Waals surface area contributed by atoms with E-state index in [0.29, 0.717) is 0 Å². The molecule has 7 aromatic rings. The van der Waals surface area contributed by atoms with E-state index in [0.717, 1.165) is 34.0 Å². The maximum Gasteiger partial charge on any atom is 0.159 e. The summed E-state index contributed by atoms with van der Waals surface area (Å²) in [4.78, 5) is 5.22. The summed E-state index contributed by atoms with van der Waals surface area (Å²) >= 11 is 0. The van der Waals surface area contributed by atoms with Crippen LogP contribution in [0.1, 0.15) is 57.7 Å². The lowest BCUT2D eigenvalue weighted by Crippen LogP contribution is -2.46. The SMILES string of the molecule is Cc1cc2c3c(c1)-n1c4c(c5cccc(c51)N3C1CC=C(C(C)(C)C)C=C1N2c1cccc2c1oc1ccccc12)C(C)(C)c1ccccc1-4. The molecular formula is C46H39N3O. The molecule has 0 spiro atoms. The highest BCUT2D eigenvalue weighted by Gasteiger charge is 2.47. The van der Waals surface area contributed by atoms with Crippen molar-refractivity contribution in [2.24, 2.45) is 5.41 Å². The zero-order chi connectivity index (χ0) is 33.8. The van der Waals surface area contributed by atoms with Gasteiger partial charge in [0, 0.05) is 32.8 Å². The van der Waals surface area contributed by atoms with Gasteiger partial charge in [-0.2, -0.15) is 0 Å². The third-order valence-electron chi connectivity index (χ3n) is 11.9. The lowest BCUT2D eigenvalue weighted by atomic mass is 9.80. The molecule has 244 valence electrons. The molecule has 50 heavy (non-hydrogen) atoms. The number of rotatable bonds is 1. The first-order chi connectivity index (χ1) is 24.1. The van der Waals surface area contributed by atoms with Crippen LogP contribution >= 0.6 is 0 Å². The Morgan fingerprint density at radius 2 is 1.48 bits per heavy atom. The van der Waals surface area contributed by atoms with Crippen molar-refractivity contribution in [3.05, 3.63) is 137 Å². The summed E-state index contributed by atoms with van der Waals surface area (Å²) in [6.07, 6.45) is 5.89. The molecule has 0 saturated heterocycles. The van der Waals surface area contributed by atoms with E-state index in [1.165, 1.54) is 72.9 Å². The Morgan fingerprint density at radius 1 is 0.760 bits per heavy atom. The van der Waals surface area contributed by atoms with Gasteiger partial charge in [-0.25, -0.2) is 0 Å². The van der Waals surface area contributed by atoms with Gasteiger partial charge in [0.15, 0.2) is 5.58 Å². The molecular weight excluding hydrogens is 611 g/mol. The number of aromatic nitrogens is 1. The number of fused-ring (bicyclic) bond motifs is 12. The highest BCUT2D eigenvalue weighted by Crippen LogP contribution is 2.62. The molecule has 0 fully saturated rings. The minimum absolute atomic E-state index is 0.0173. The third-order valence-corrected chi connectivity index (χ3v) is 11.9. The summed E-state index contributed by atoms with van der Waals surface area (Å²) in [5.74, 6) is 0. The second kappa shape index (κ2) is 9.19. The maximum absolute atomic E-state index is 6.76. The highest BCUT2D eigenvalue weighted by molar-refractivity contribution is 6.14. The van der Waals surface area contributed by atoms with Gasteiger partial charge in [-0.3, -0.25) is 0 Å². The Balaban J connectivity index is 1.28. The van der Waals surface area contributed by atoms with Gasteiger partial charge in [0.2, 0.25) is 0 Å². The minimum Gasteiger partial charge on any atom is -0.454 e. The quantitative estimate of drug-likeness (QED) is 0.177. The molecule has 0 bridgehead atoms. The number of nitrogens with zero attached hydrogens (tertiary/aromatic N) is 3. The first-order valence-electron chi connectivity index (χ1n) is 18.0. The first kappa shape index (κ1) is 28.4. The van der Waals surface area contributed by atoms with E-state index >= 15 is 0 Å². The van der Waals surface area contributed by atoms with Crippen molar-refractivity contribution in [3.8, 4) is 16.9 Å². The normalized spacial score (nSPS) is 18.2. The smallest absolute Gasteiger partial charge is 0.159 e. The van der Waals surface area contributed by atoms with Crippen molar-refractivity contribution in [2.45, 2.75) is 59.4 Å². The second-order valence-electron chi connectivity index (χ2n) is 16.2. The van der Waals surface area contributed by atoms with E-state index in [-0.39, 0.29) is 16.9 Å². The summed E-state index contributed by atoms with van der Waals surface area (Å²) < 4.78 is 9.38. The van der Waals surface area contributed by atoms with Crippen molar-refractivity contribution < 1.29 is 4.42 Å². The van der Waals surface area contributed by atoms with Crippen LogP contribution < -0.4 is 9.80 Å². The largest absolute Gasteiger partial charge is 0.454 e. The van der Waals surface area contributed by atoms with Crippen LogP contribution in [0.15, 0.2) is 125 Å². The Morgan fingerprint density at radius 3 is 2.32 bits per heavy atom. The number of allylic oxidation sites excluding steroid dienone is 2. The Labute approximate surface area is 292 Å². The number of hydrogen-bond donors (Lipinski definition) is 0. The van der Waals surface area contributed by atoms with Gasteiger partial charge >= 0.3 is 0 Å².